The zero-order valence-electron chi connectivity index (χ0n) is 19.8. The van der Waals surface area contributed by atoms with Crippen LogP contribution < -0.4 is 9.47 Å². The lowest BCUT2D eigenvalue weighted by Crippen LogP contribution is -2.55. The predicted molar refractivity (Wildman–Crippen MR) is 130 cm³/mol. The van der Waals surface area contributed by atoms with Crippen molar-refractivity contribution in [2.75, 3.05) is 39.4 Å². The van der Waals surface area contributed by atoms with Crippen LogP contribution in [0.4, 0.5) is 0 Å². The van der Waals surface area contributed by atoms with E-state index >= 15 is 0 Å². The van der Waals surface area contributed by atoms with Crippen LogP contribution in [0.15, 0.2) is 48.5 Å². The Morgan fingerprint density at radius 3 is 2.24 bits per heavy atom. The normalized spacial score (nSPS) is 19.2. The molecule has 1 saturated heterocycles. The first-order chi connectivity index (χ1) is 16.7. The molecule has 2 fully saturated rings. The van der Waals surface area contributed by atoms with Gasteiger partial charge in [0.1, 0.15) is 13.2 Å². The molecule has 0 radical (unpaired) electrons. The Bertz CT molecular complexity index is 1010. The molecular formula is C28H34N2O4. The van der Waals surface area contributed by atoms with Crippen molar-refractivity contribution < 1.29 is 19.1 Å². The van der Waals surface area contributed by atoms with Gasteiger partial charge in [0.25, 0.3) is 0 Å². The van der Waals surface area contributed by atoms with Gasteiger partial charge in [0, 0.05) is 32.6 Å². The second kappa shape index (κ2) is 10.1. The summed E-state index contributed by atoms with van der Waals surface area (Å²) in [6.45, 7) is 3.55. The molecule has 34 heavy (non-hydrogen) atoms. The Labute approximate surface area is 201 Å². The summed E-state index contributed by atoms with van der Waals surface area (Å²) in [6.07, 6.45) is 6.18. The molecule has 180 valence electrons. The second-order valence-electron chi connectivity index (χ2n) is 9.66. The maximum atomic E-state index is 13.8. The molecule has 0 spiro atoms. The number of amides is 2. The third kappa shape index (κ3) is 4.63. The van der Waals surface area contributed by atoms with Crippen LogP contribution in [0.25, 0.3) is 0 Å². The van der Waals surface area contributed by atoms with Gasteiger partial charge in [0.15, 0.2) is 11.5 Å². The number of ether oxygens (including phenoxy) is 2. The van der Waals surface area contributed by atoms with Crippen molar-refractivity contribution in [3.05, 3.63) is 59.7 Å². The maximum absolute atomic E-state index is 13.8. The molecule has 6 heteroatoms. The smallest absolute Gasteiger partial charge is 0.233 e. The molecule has 0 atom stereocenters. The molecule has 2 aromatic rings. The molecule has 0 aromatic heterocycles. The van der Waals surface area contributed by atoms with Crippen LogP contribution >= 0.6 is 0 Å². The zero-order chi connectivity index (χ0) is 23.4. The highest BCUT2D eigenvalue weighted by Crippen LogP contribution is 2.45. The fourth-order valence-corrected chi connectivity index (χ4v) is 5.65. The second-order valence-corrected chi connectivity index (χ2v) is 9.66. The number of hydrogen-bond donors (Lipinski definition) is 0. The van der Waals surface area contributed by atoms with Crippen LogP contribution in [0.3, 0.4) is 0 Å². The minimum Gasteiger partial charge on any atom is -0.486 e. The number of fused-ring (bicyclic) bond motifs is 1. The number of benzene rings is 2. The average molecular weight is 463 g/mol. The van der Waals surface area contributed by atoms with E-state index in [0.29, 0.717) is 45.8 Å². The monoisotopic (exact) mass is 462 g/mol. The number of piperazine rings is 1. The summed E-state index contributed by atoms with van der Waals surface area (Å²) in [5, 5.41) is 0. The Kier molecular flexibility index (Phi) is 6.75. The summed E-state index contributed by atoms with van der Waals surface area (Å²) in [6, 6.07) is 16.3. The molecule has 1 aliphatic carbocycles. The van der Waals surface area contributed by atoms with E-state index in [1.807, 2.05) is 46.2 Å². The number of carbonyl (C=O) groups is 2. The lowest BCUT2D eigenvalue weighted by molar-refractivity contribution is -0.143. The maximum Gasteiger partial charge on any atom is 0.233 e. The van der Waals surface area contributed by atoms with Gasteiger partial charge in [-0.3, -0.25) is 9.59 Å². The number of aryl methyl sites for hydroxylation is 1. The summed E-state index contributed by atoms with van der Waals surface area (Å²) >= 11 is 0. The summed E-state index contributed by atoms with van der Waals surface area (Å²) < 4.78 is 11.5. The molecule has 1 saturated carbocycles. The van der Waals surface area contributed by atoms with Crippen LogP contribution in [0, 0.1) is 0 Å². The molecule has 0 N–H and O–H groups in total. The number of carbonyl (C=O) groups excluding carboxylic acids is 2. The fourth-order valence-electron chi connectivity index (χ4n) is 5.65. The fraction of sp³-hybridized carbons (Fsp3) is 0.500. The number of nitrogens with zero attached hydrogens (tertiary/aromatic N) is 2. The lowest BCUT2D eigenvalue weighted by atomic mass is 9.77. The van der Waals surface area contributed by atoms with Crippen molar-refractivity contribution in [1.82, 2.24) is 9.80 Å². The Morgan fingerprint density at radius 1 is 0.824 bits per heavy atom. The average Bonchev–Trinajstić information content (AvgIpc) is 3.40. The first kappa shape index (κ1) is 22.8. The summed E-state index contributed by atoms with van der Waals surface area (Å²) in [5.74, 6) is 1.91. The van der Waals surface area contributed by atoms with Crippen LogP contribution in [0.5, 0.6) is 11.5 Å². The van der Waals surface area contributed by atoms with Crippen LogP contribution in [-0.4, -0.2) is 61.0 Å². The van der Waals surface area contributed by atoms with Crippen molar-refractivity contribution in [2.45, 2.75) is 50.4 Å². The standard InChI is InChI=1S/C28H34N2O4/c31-26(10-6-9-22-7-2-1-3-8-22)29-15-17-30(18-16-29)27(32)28(13-4-5-14-28)23-11-12-24-25(21-23)34-20-19-33-24/h1-3,7-8,11-12,21H,4-6,9-10,13-20H2. The first-order valence-electron chi connectivity index (χ1n) is 12.7. The van der Waals surface area contributed by atoms with Crippen molar-refractivity contribution >= 4 is 11.8 Å². The molecule has 2 aliphatic heterocycles. The Hall–Kier alpha value is -3.02. The Morgan fingerprint density at radius 2 is 1.50 bits per heavy atom. The third-order valence-corrected chi connectivity index (χ3v) is 7.58. The van der Waals surface area contributed by atoms with E-state index in [1.165, 1.54) is 5.56 Å². The van der Waals surface area contributed by atoms with Gasteiger partial charge in [-0.05, 0) is 48.9 Å². The zero-order valence-corrected chi connectivity index (χ0v) is 19.8. The molecule has 5 rings (SSSR count). The molecular weight excluding hydrogens is 428 g/mol. The molecule has 2 heterocycles. The van der Waals surface area contributed by atoms with Gasteiger partial charge in [-0.15, -0.1) is 0 Å². The van der Waals surface area contributed by atoms with E-state index in [1.54, 1.807) is 0 Å². The van der Waals surface area contributed by atoms with Crippen LogP contribution in [0.1, 0.15) is 49.7 Å². The minimum absolute atomic E-state index is 0.199. The summed E-state index contributed by atoms with van der Waals surface area (Å²) in [4.78, 5) is 30.5. The lowest BCUT2D eigenvalue weighted by Gasteiger charge is -2.40. The largest absolute Gasteiger partial charge is 0.486 e. The van der Waals surface area contributed by atoms with Gasteiger partial charge in [-0.2, -0.15) is 0 Å². The third-order valence-electron chi connectivity index (χ3n) is 7.58. The predicted octanol–water partition coefficient (Wildman–Crippen LogP) is 3.96. The molecule has 2 aromatic carbocycles. The van der Waals surface area contributed by atoms with Crippen molar-refractivity contribution in [1.29, 1.82) is 0 Å². The topological polar surface area (TPSA) is 59.1 Å². The minimum atomic E-state index is -0.488. The highest BCUT2D eigenvalue weighted by molar-refractivity contribution is 5.89. The highest BCUT2D eigenvalue weighted by Gasteiger charge is 2.46. The van der Waals surface area contributed by atoms with Gasteiger partial charge in [-0.25, -0.2) is 0 Å². The van der Waals surface area contributed by atoms with E-state index in [0.717, 1.165) is 55.6 Å². The number of hydrogen-bond acceptors (Lipinski definition) is 4. The molecule has 3 aliphatic rings. The molecule has 6 nitrogen and oxygen atoms in total. The van der Waals surface area contributed by atoms with E-state index < -0.39 is 5.41 Å². The summed E-state index contributed by atoms with van der Waals surface area (Å²) in [5.41, 5.74) is 1.82. The van der Waals surface area contributed by atoms with E-state index in [9.17, 15) is 9.59 Å². The van der Waals surface area contributed by atoms with Crippen molar-refractivity contribution in [2.24, 2.45) is 0 Å². The van der Waals surface area contributed by atoms with Gasteiger partial charge in [0.2, 0.25) is 11.8 Å². The first-order valence-corrected chi connectivity index (χ1v) is 12.7. The van der Waals surface area contributed by atoms with Crippen LogP contribution in [-0.2, 0) is 21.4 Å². The molecule has 0 bridgehead atoms. The van der Waals surface area contributed by atoms with Crippen LogP contribution in [0.2, 0.25) is 0 Å². The van der Waals surface area contributed by atoms with Crippen molar-refractivity contribution in [3.8, 4) is 11.5 Å². The number of rotatable bonds is 6. The van der Waals surface area contributed by atoms with Gasteiger partial charge in [0.05, 0.1) is 5.41 Å². The SMILES string of the molecule is O=C(CCCc1ccccc1)N1CCN(C(=O)C2(c3ccc4c(c3)OCCO4)CCCC2)CC1. The summed E-state index contributed by atoms with van der Waals surface area (Å²) in [7, 11) is 0. The van der Waals surface area contributed by atoms with Crippen molar-refractivity contribution in [3.63, 3.8) is 0 Å². The van der Waals surface area contributed by atoms with E-state index in [2.05, 4.69) is 12.1 Å². The highest BCUT2D eigenvalue weighted by atomic mass is 16.6. The van der Waals surface area contributed by atoms with Gasteiger partial charge < -0.3 is 19.3 Å². The van der Waals surface area contributed by atoms with E-state index in [-0.39, 0.29) is 11.8 Å². The molecule has 0 unspecified atom stereocenters. The quantitative estimate of drug-likeness (QED) is 0.652. The van der Waals surface area contributed by atoms with E-state index in [4.69, 9.17) is 9.47 Å². The van der Waals surface area contributed by atoms with Gasteiger partial charge in [-0.1, -0.05) is 49.2 Å². The van der Waals surface area contributed by atoms with Gasteiger partial charge >= 0.3 is 0 Å². The molecule has 2 amide bonds. The Balaban J connectivity index is 1.19.